The van der Waals surface area contributed by atoms with Crippen LogP contribution in [0.5, 0.6) is 0 Å². The van der Waals surface area contributed by atoms with Crippen molar-refractivity contribution in [2.45, 2.75) is 6.42 Å². The molecule has 0 fully saturated rings. The summed E-state index contributed by atoms with van der Waals surface area (Å²) in [6, 6.07) is 18.0. The molecule has 130 valence electrons. The second-order valence-corrected chi connectivity index (χ2v) is 6.51. The van der Waals surface area contributed by atoms with Gasteiger partial charge < -0.3 is 10.6 Å². The van der Waals surface area contributed by atoms with Gasteiger partial charge in [0.15, 0.2) is 0 Å². The number of halogens is 1. The van der Waals surface area contributed by atoms with Crippen molar-refractivity contribution in [2.24, 2.45) is 0 Å². The van der Waals surface area contributed by atoms with Crippen molar-refractivity contribution >= 4 is 39.1 Å². The van der Waals surface area contributed by atoms with E-state index in [1.54, 1.807) is 42.6 Å². The molecule has 0 radical (unpaired) electrons. The molecule has 2 aromatic carbocycles. The van der Waals surface area contributed by atoms with Gasteiger partial charge in [-0.2, -0.15) is 0 Å². The average molecular weight is 410 g/mol. The Morgan fingerprint density at radius 1 is 0.923 bits per heavy atom. The number of anilines is 2. The maximum Gasteiger partial charge on any atom is 0.257 e. The van der Waals surface area contributed by atoms with Crippen molar-refractivity contribution in [1.29, 1.82) is 0 Å². The zero-order valence-electron chi connectivity index (χ0n) is 13.8. The van der Waals surface area contributed by atoms with Crippen LogP contribution in [0.2, 0.25) is 0 Å². The molecular formula is C20H16BrN3O2. The van der Waals surface area contributed by atoms with E-state index >= 15 is 0 Å². The lowest BCUT2D eigenvalue weighted by Crippen LogP contribution is -2.18. The van der Waals surface area contributed by atoms with Crippen LogP contribution in [0.15, 0.2) is 77.5 Å². The number of rotatable bonds is 5. The minimum atomic E-state index is -0.285. The Hall–Kier alpha value is -2.99. The smallest absolute Gasteiger partial charge is 0.257 e. The molecule has 2 amide bonds. The van der Waals surface area contributed by atoms with Gasteiger partial charge in [-0.1, -0.05) is 40.2 Å². The monoisotopic (exact) mass is 409 g/mol. The highest BCUT2D eigenvalue weighted by Crippen LogP contribution is 2.22. The first-order valence-electron chi connectivity index (χ1n) is 7.96. The summed E-state index contributed by atoms with van der Waals surface area (Å²) in [6.45, 7) is 0. The van der Waals surface area contributed by atoms with E-state index in [4.69, 9.17) is 0 Å². The highest BCUT2D eigenvalue weighted by Gasteiger charge is 2.11. The van der Waals surface area contributed by atoms with E-state index in [1.165, 1.54) is 6.20 Å². The van der Waals surface area contributed by atoms with E-state index < -0.39 is 0 Å². The van der Waals surface area contributed by atoms with Crippen molar-refractivity contribution in [1.82, 2.24) is 4.98 Å². The lowest BCUT2D eigenvalue weighted by molar-refractivity contribution is -0.115. The zero-order chi connectivity index (χ0) is 18.4. The fraction of sp³-hybridized carbons (Fsp3) is 0.0500. The predicted octanol–water partition coefficient (Wildman–Crippen LogP) is 4.28. The molecule has 0 unspecified atom stereocenters. The van der Waals surface area contributed by atoms with Gasteiger partial charge in [0, 0.05) is 16.9 Å². The summed E-state index contributed by atoms with van der Waals surface area (Å²) >= 11 is 3.40. The third kappa shape index (κ3) is 4.77. The topological polar surface area (TPSA) is 71.1 Å². The second kappa shape index (κ2) is 8.40. The van der Waals surface area contributed by atoms with Gasteiger partial charge in [0.1, 0.15) is 0 Å². The van der Waals surface area contributed by atoms with Crippen molar-refractivity contribution in [3.8, 4) is 0 Å². The molecule has 0 spiro atoms. The number of carbonyl (C=O) groups excluding carboxylic acids is 2. The van der Waals surface area contributed by atoms with Crippen molar-refractivity contribution in [3.05, 3.63) is 88.7 Å². The minimum absolute atomic E-state index is 0.161. The Bertz CT molecular complexity index is 929. The van der Waals surface area contributed by atoms with Crippen molar-refractivity contribution < 1.29 is 9.59 Å². The van der Waals surface area contributed by atoms with E-state index in [0.29, 0.717) is 16.9 Å². The van der Waals surface area contributed by atoms with Crippen LogP contribution in [-0.2, 0) is 11.2 Å². The summed E-state index contributed by atoms with van der Waals surface area (Å²) in [7, 11) is 0. The van der Waals surface area contributed by atoms with Gasteiger partial charge in [-0.15, -0.1) is 0 Å². The highest BCUT2D eigenvalue weighted by atomic mass is 79.9. The standard InChI is InChI=1S/C20H16BrN3O2/c21-16-7-3-5-14(11-16)12-19(25)23-17-8-1-2-9-18(17)24-20(26)15-6-4-10-22-13-15/h1-11,13H,12H2,(H,23,25)(H,24,26). The van der Waals surface area contributed by atoms with E-state index in [-0.39, 0.29) is 18.2 Å². The summed E-state index contributed by atoms with van der Waals surface area (Å²) in [5.41, 5.74) is 2.42. The quantitative estimate of drug-likeness (QED) is 0.660. The molecule has 2 N–H and O–H groups in total. The van der Waals surface area contributed by atoms with Gasteiger partial charge in [-0.05, 0) is 42.0 Å². The molecule has 5 nitrogen and oxygen atoms in total. The van der Waals surface area contributed by atoms with Crippen LogP contribution in [-0.4, -0.2) is 16.8 Å². The van der Waals surface area contributed by atoms with Gasteiger partial charge in [-0.3, -0.25) is 14.6 Å². The SMILES string of the molecule is O=C(Cc1cccc(Br)c1)Nc1ccccc1NC(=O)c1cccnc1. The third-order valence-electron chi connectivity index (χ3n) is 3.63. The third-order valence-corrected chi connectivity index (χ3v) is 4.12. The minimum Gasteiger partial charge on any atom is -0.324 e. The Morgan fingerprint density at radius 3 is 2.38 bits per heavy atom. The van der Waals surface area contributed by atoms with E-state index in [0.717, 1.165) is 10.0 Å². The van der Waals surface area contributed by atoms with Crippen molar-refractivity contribution in [3.63, 3.8) is 0 Å². The fourth-order valence-corrected chi connectivity index (χ4v) is 2.87. The average Bonchev–Trinajstić information content (AvgIpc) is 2.64. The maximum absolute atomic E-state index is 12.4. The van der Waals surface area contributed by atoms with E-state index in [1.807, 2.05) is 24.3 Å². The number of pyridine rings is 1. The lowest BCUT2D eigenvalue weighted by atomic mass is 10.1. The summed E-state index contributed by atoms with van der Waals surface area (Å²) in [5, 5.41) is 5.65. The van der Waals surface area contributed by atoms with Gasteiger partial charge >= 0.3 is 0 Å². The molecule has 0 saturated carbocycles. The zero-order valence-corrected chi connectivity index (χ0v) is 15.4. The van der Waals surface area contributed by atoms with Crippen LogP contribution in [0.1, 0.15) is 15.9 Å². The van der Waals surface area contributed by atoms with Crippen LogP contribution < -0.4 is 10.6 Å². The van der Waals surface area contributed by atoms with Crippen LogP contribution in [0, 0.1) is 0 Å². The van der Waals surface area contributed by atoms with Gasteiger partial charge in [0.2, 0.25) is 5.91 Å². The van der Waals surface area contributed by atoms with Crippen LogP contribution in [0.25, 0.3) is 0 Å². The van der Waals surface area contributed by atoms with Gasteiger partial charge in [0.05, 0.1) is 23.4 Å². The van der Waals surface area contributed by atoms with Crippen LogP contribution in [0.4, 0.5) is 11.4 Å². The molecular weight excluding hydrogens is 394 g/mol. The predicted molar refractivity (Wildman–Crippen MR) is 105 cm³/mol. The molecule has 0 saturated heterocycles. The second-order valence-electron chi connectivity index (χ2n) is 5.60. The number of carbonyl (C=O) groups is 2. The molecule has 0 aliphatic rings. The first kappa shape index (κ1) is 17.8. The number of nitrogens with zero attached hydrogens (tertiary/aromatic N) is 1. The van der Waals surface area contributed by atoms with Gasteiger partial charge in [0.25, 0.3) is 5.91 Å². The molecule has 3 aromatic rings. The van der Waals surface area contributed by atoms with Crippen LogP contribution in [0.3, 0.4) is 0 Å². The molecule has 0 bridgehead atoms. The Morgan fingerprint density at radius 2 is 1.69 bits per heavy atom. The Kier molecular flexibility index (Phi) is 5.76. The van der Waals surface area contributed by atoms with E-state index in [9.17, 15) is 9.59 Å². The number of aromatic nitrogens is 1. The number of hydrogen-bond donors (Lipinski definition) is 2. The molecule has 0 aliphatic heterocycles. The molecule has 3 rings (SSSR count). The normalized spacial score (nSPS) is 10.2. The highest BCUT2D eigenvalue weighted by molar-refractivity contribution is 9.10. The summed E-state index contributed by atoms with van der Waals surface area (Å²) in [4.78, 5) is 28.6. The number of hydrogen-bond acceptors (Lipinski definition) is 3. The number of benzene rings is 2. The molecule has 1 heterocycles. The van der Waals surface area contributed by atoms with Gasteiger partial charge in [-0.25, -0.2) is 0 Å². The Labute approximate surface area is 159 Å². The molecule has 0 atom stereocenters. The van der Waals surface area contributed by atoms with Crippen LogP contribution >= 0.6 is 15.9 Å². The summed E-state index contributed by atoms with van der Waals surface area (Å²) in [5.74, 6) is -0.446. The molecule has 0 aliphatic carbocycles. The first-order valence-corrected chi connectivity index (χ1v) is 8.76. The summed E-state index contributed by atoms with van der Waals surface area (Å²) < 4.78 is 0.923. The first-order chi connectivity index (χ1) is 12.6. The summed E-state index contributed by atoms with van der Waals surface area (Å²) in [6.07, 6.45) is 3.33. The molecule has 1 aromatic heterocycles. The largest absolute Gasteiger partial charge is 0.324 e. The Balaban J connectivity index is 1.71. The number of amides is 2. The maximum atomic E-state index is 12.4. The van der Waals surface area contributed by atoms with Crippen molar-refractivity contribution in [2.75, 3.05) is 10.6 Å². The molecule has 6 heteroatoms. The molecule has 26 heavy (non-hydrogen) atoms. The number of nitrogens with one attached hydrogen (secondary N) is 2. The number of para-hydroxylation sites is 2. The lowest BCUT2D eigenvalue weighted by Gasteiger charge is -2.12. The fourth-order valence-electron chi connectivity index (χ4n) is 2.42. The van der Waals surface area contributed by atoms with E-state index in [2.05, 4.69) is 31.5 Å².